The highest BCUT2D eigenvalue weighted by Crippen LogP contribution is 2.19. The molecule has 0 fully saturated rings. The Morgan fingerprint density at radius 1 is 1.10 bits per heavy atom. The van der Waals surface area contributed by atoms with E-state index in [1.807, 2.05) is 0 Å². The van der Waals surface area contributed by atoms with Crippen molar-refractivity contribution < 1.29 is 26.7 Å². The van der Waals surface area contributed by atoms with Crippen molar-refractivity contribution in [3.05, 3.63) is 64.8 Å². The summed E-state index contributed by atoms with van der Waals surface area (Å²) in [5.74, 6) is -0.322. The van der Waals surface area contributed by atoms with Gasteiger partial charge in [-0.1, -0.05) is 0 Å². The SMILES string of the molecule is O=c1ccc(-c2cnc(OCC(F)(F)F)nc2)nn1Cc1nc2cc(F)ccc2o1. The van der Waals surface area contributed by atoms with Crippen molar-refractivity contribution in [2.45, 2.75) is 12.7 Å². The van der Waals surface area contributed by atoms with Gasteiger partial charge >= 0.3 is 12.2 Å². The van der Waals surface area contributed by atoms with Crippen LogP contribution in [0.25, 0.3) is 22.4 Å². The maximum Gasteiger partial charge on any atom is 0.422 e. The number of oxazole rings is 1. The minimum Gasteiger partial charge on any atom is -0.454 e. The maximum atomic E-state index is 13.3. The highest BCUT2D eigenvalue weighted by molar-refractivity contribution is 5.72. The number of alkyl halides is 3. The molecule has 0 radical (unpaired) electrons. The van der Waals surface area contributed by atoms with Gasteiger partial charge in [-0.15, -0.1) is 0 Å². The van der Waals surface area contributed by atoms with E-state index < -0.39 is 30.2 Å². The molecule has 0 aliphatic heterocycles. The van der Waals surface area contributed by atoms with E-state index in [0.717, 1.165) is 4.68 Å². The monoisotopic (exact) mass is 421 g/mol. The molecule has 4 rings (SSSR count). The number of benzene rings is 1. The Labute approximate surface area is 164 Å². The number of rotatable bonds is 5. The normalized spacial score (nSPS) is 11.7. The minimum absolute atomic E-state index is 0.114. The Morgan fingerprint density at radius 3 is 2.60 bits per heavy atom. The Balaban J connectivity index is 1.56. The van der Waals surface area contributed by atoms with Crippen molar-refractivity contribution in [3.8, 4) is 17.3 Å². The molecule has 4 aromatic rings. The van der Waals surface area contributed by atoms with E-state index in [9.17, 15) is 22.4 Å². The van der Waals surface area contributed by atoms with Crippen LogP contribution in [0, 0.1) is 5.82 Å². The summed E-state index contributed by atoms with van der Waals surface area (Å²) in [6, 6.07) is 6.07. The first kappa shape index (κ1) is 19.5. The van der Waals surface area contributed by atoms with E-state index >= 15 is 0 Å². The van der Waals surface area contributed by atoms with Gasteiger partial charge in [-0.25, -0.2) is 24.0 Å². The van der Waals surface area contributed by atoms with Crippen molar-refractivity contribution in [3.63, 3.8) is 0 Å². The first-order valence-electron chi connectivity index (χ1n) is 8.42. The van der Waals surface area contributed by atoms with Gasteiger partial charge in [0.2, 0.25) is 5.89 Å². The quantitative estimate of drug-likeness (QED) is 0.457. The van der Waals surface area contributed by atoms with Crippen LogP contribution in [0.5, 0.6) is 6.01 Å². The van der Waals surface area contributed by atoms with E-state index in [0.29, 0.717) is 22.4 Å². The van der Waals surface area contributed by atoms with Crippen molar-refractivity contribution in [2.75, 3.05) is 6.61 Å². The number of hydrogen-bond acceptors (Lipinski definition) is 7. The molecular weight excluding hydrogens is 410 g/mol. The molecule has 0 unspecified atom stereocenters. The van der Waals surface area contributed by atoms with Crippen molar-refractivity contribution >= 4 is 11.1 Å². The number of ether oxygens (including phenoxy) is 1. The fraction of sp³-hybridized carbons (Fsp3) is 0.167. The highest BCUT2D eigenvalue weighted by atomic mass is 19.4. The molecule has 0 N–H and O–H groups in total. The zero-order valence-electron chi connectivity index (χ0n) is 14.9. The summed E-state index contributed by atoms with van der Waals surface area (Å²) in [4.78, 5) is 23.7. The summed E-state index contributed by atoms with van der Waals surface area (Å²) >= 11 is 0. The predicted molar refractivity (Wildman–Crippen MR) is 94.1 cm³/mol. The Kier molecular flexibility index (Phi) is 4.90. The van der Waals surface area contributed by atoms with Crippen LogP contribution in [-0.2, 0) is 6.54 Å². The lowest BCUT2D eigenvalue weighted by Crippen LogP contribution is -2.23. The predicted octanol–water partition coefficient (Wildman–Crippen LogP) is 2.97. The Bertz CT molecular complexity index is 1250. The van der Waals surface area contributed by atoms with Gasteiger partial charge in [0.15, 0.2) is 12.2 Å². The molecule has 1 aromatic carbocycles. The second-order valence-electron chi connectivity index (χ2n) is 6.09. The van der Waals surface area contributed by atoms with Crippen molar-refractivity contribution in [1.29, 1.82) is 0 Å². The fourth-order valence-corrected chi connectivity index (χ4v) is 2.53. The van der Waals surface area contributed by atoms with Gasteiger partial charge in [-0.05, 0) is 18.2 Å². The number of fused-ring (bicyclic) bond motifs is 1. The molecule has 0 saturated carbocycles. The van der Waals surface area contributed by atoms with Gasteiger partial charge < -0.3 is 9.15 Å². The van der Waals surface area contributed by atoms with Gasteiger partial charge in [-0.3, -0.25) is 4.79 Å². The molecule has 0 bridgehead atoms. The third kappa shape index (κ3) is 4.42. The summed E-state index contributed by atoms with van der Waals surface area (Å²) in [6.07, 6.45) is -2.06. The third-order valence-corrected chi connectivity index (χ3v) is 3.83. The van der Waals surface area contributed by atoms with Crippen LogP contribution in [-0.4, -0.2) is 37.5 Å². The molecule has 0 amide bonds. The lowest BCUT2D eigenvalue weighted by molar-refractivity contribution is -0.154. The van der Waals surface area contributed by atoms with Crippen molar-refractivity contribution in [2.24, 2.45) is 0 Å². The molecule has 154 valence electrons. The first-order chi connectivity index (χ1) is 14.3. The van der Waals surface area contributed by atoms with Crippen LogP contribution < -0.4 is 10.3 Å². The summed E-state index contributed by atoms with van der Waals surface area (Å²) in [6.45, 7) is -1.62. The van der Waals surface area contributed by atoms with E-state index in [2.05, 4.69) is 24.8 Å². The van der Waals surface area contributed by atoms with Gasteiger partial charge in [0, 0.05) is 30.1 Å². The fourth-order valence-electron chi connectivity index (χ4n) is 2.53. The Morgan fingerprint density at radius 2 is 1.87 bits per heavy atom. The minimum atomic E-state index is -4.50. The average molecular weight is 421 g/mol. The number of halogens is 4. The summed E-state index contributed by atoms with van der Waals surface area (Å²) in [5, 5.41) is 4.17. The summed E-state index contributed by atoms with van der Waals surface area (Å²) in [5.41, 5.74) is 0.857. The largest absolute Gasteiger partial charge is 0.454 e. The average Bonchev–Trinajstić information content (AvgIpc) is 3.09. The molecule has 0 aliphatic rings. The second kappa shape index (κ2) is 7.54. The third-order valence-electron chi connectivity index (χ3n) is 3.83. The van der Waals surface area contributed by atoms with Gasteiger partial charge in [0.1, 0.15) is 17.9 Å². The summed E-state index contributed by atoms with van der Waals surface area (Å²) < 4.78 is 60.8. The van der Waals surface area contributed by atoms with E-state index in [4.69, 9.17) is 4.42 Å². The van der Waals surface area contributed by atoms with Gasteiger partial charge in [-0.2, -0.15) is 18.3 Å². The van der Waals surface area contributed by atoms with Gasteiger partial charge in [0.25, 0.3) is 5.56 Å². The van der Waals surface area contributed by atoms with Crippen LogP contribution in [0.3, 0.4) is 0 Å². The highest BCUT2D eigenvalue weighted by Gasteiger charge is 2.28. The van der Waals surface area contributed by atoms with E-state index in [1.165, 1.54) is 42.7 Å². The topological polar surface area (TPSA) is 95.9 Å². The molecule has 3 aromatic heterocycles. The van der Waals surface area contributed by atoms with Crippen LogP contribution in [0.2, 0.25) is 0 Å². The van der Waals surface area contributed by atoms with Crippen LogP contribution in [0.15, 0.2) is 51.9 Å². The zero-order valence-corrected chi connectivity index (χ0v) is 14.9. The lowest BCUT2D eigenvalue weighted by Gasteiger charge is -2.08. The number of nitrogens with zero attached hydrogens (tertiary/aromatic N) is 5. The zero-order chi connectivity index (χ0) is 21.3. The number of hydrogen-bond donors (Lipinski definition) is 0. The smallest absolute Gasteiger partial charge is 0.422 e. The second-order valence-corrected chi connectivity index (χ2v) is 6.09. The molecule has 0 saturated heterocycles. The number of aromatic nitrogens is 5. The van der Waals surface area contributed by atoms with E-state index in [-0.39, 0.29) is 12.4 Å². The van der Waals surface area contributed by atoms with Crippen LogP contribution >= 0.6 is 0 Å². The molecule has 12 heteroatoms. The summed E-state index contributed by atoms with van der Waals surface area (Å²) in [7, 11) is 0. The molecular formula is C18H11F4N5O3. The first-order valence-corrected chi connectivity index (χ1v) is 8.42. The Hall–Kier alpha value is -3.83. The van der Waals surface area contributed by atoms with Crippen LogP contribution in [0.4, 0.5) is 17.6 Å². The molecule has 0 aliphatic carbocycles. The van der Waals surface area contributed by atoms with Gasteiger partial charge in [0.05, 0.1) is 5.69 Å². The van der Waals surface area contributed by atoms with Crippen LogP contribution in [0.1, 0.15) is 5.89 Å². The molecule has 8 nitrogen and oxygen atoms in total. The molecule has 0 atom stereocenters. The standard InChI is InChI=1S/C18H11F4N5O3/c19-11-1-3-14-13(5-11)25-15(30-14)8-27-16(28)4-2-12(26-27)10-6-23-17(24-7-10)29-9-18(20,21)22/h1-7H,8-9H2. The van der Waals surface area contributed by atoms with Crippen molar-refractivity contribution in [1.82, 2.24) is 24.7 Å². The molecule has 0 spiro atoms. The van der Waals surface area contributed by atoms with E-state index in [1.54, 1.807) is 0 Å². The lowest BCUT2D eigenvalue weighted by atomic mass is 10.2. The maximum absolute atomic E-state index is 13.3. The molecule has 3 heterocycles. The molecule has 30 heavy (non-hydrogen) atoms.